The molecule has 11 heavy (non-hydrogen) atoms. The van der Waals surface area contributed by atoms with Crippen LogP contribution in [0.2, 0.25) is 0 Å². The third kappa shape index (κ3) is 1.26. The molecule has 0 aliphatic heterocycles. The summed E-state index contributed by atoms with van der Waals surface area (Å²) in [6.45, 7) is 3.58. The molecule has 0 saturated heterocycles. The van der Waals surface area contributed by atoms with Crippen LogP contribution in [0.3, 0.4) is 0 Å². The van der Waals surface area contributed by atoms with Crippen LogP contribution in [-0.4, -0.2) is 11.2 Å². The fourth-order valence-electron chi connectivity index (χ4n) is 0.798. The van der Waals surface area contributed by atoms with Crippen molar-refractivity contribution in [2.24, 2.45) is 0 Å². The summed E-state index contributed by atoms with van der Waals surface area (Å²) in [7, 11) is 0. The molecule has 1 rings (SSSR count). The largest absolute Gasteiger partial charge is 0.396 e. The minimum absolute atomic E-state index is 0.488. The van der Waals surface area contributed by atoms with Crippen LogP contribution in [0.25, 0.3) is 6.08 Å². The van der Waals surface area contributed by atoms with Crippen LogP contribution < -0.4 is 5.73 Å². The number of nitrogens with two attached hydrogens (primary N) is 1. The Morgan fingerprint density at radius 2 is 2.36 bits per heavy atom. The number of nitrogen functional groups attached to an aromatic ring is 1. The number of pyridine rings is 1. The van der Waals surface area contributed by atoms with Gasteiger partial charge >= 0.3 is 0 Å². The Morgan fingerprint density at radius 3 is 2.91 bits per heavy atom. The van der Waals surface area contributed by atoms with Crippen LogP contribution in [-0.2, 0) is 0 Å². The number of anilines is 1. The average molecular weight is 147 g/mol. The normalized spacial score (nSPS) is 9.09. The molecule has 0 bridgehead atoms. The van der Waals surface area contributed by atoms with Gasteiger partial charge in [0, 0.05) is 18.0 Å². The van der Waals surface area contributed by atoms with Gasteiger partial charge in [0.2, 0.25) is 0 Å². The lowest BCUT2D eigenvalue weighted by Gasteiger charge is -2.00. The summed E-state index contributed by atoms with van der Waals surface area (Å²) >= 11 is 0. The molecule has 0 radical (unpaired) electrons. The molecule has 0 saturated carbocycles. The first-order valence-corrected chi connectivity index (χ1v) is 3.17. The van der Waals surface area contributed by atoms with Crippen LogP contribution >= 0.6 is 0 Å². The van der Waals surface area contributed by atoms with E-state index in [1.54, 1.807) is 18.3 Å². The number of aromatic nitrogens is 1. The smallest absolute Gasteiger partial charge is 0.104 e. The van der Waals surface area contributed by atoms with Gasteiger partial charge in [0.25, 0.3) is 0 Å². The zero-order chi connectivity index (χ0) is 8.27. The Bertz CT molecular complexity index is 265. The zero-order valence-electron chi connectivity index (χ0n) is 6.04. The number of rotatable bonds is 2. The van der Waals surface area contributed by atoms with Crippen LogP contribution in [0.15, 0.2) is 18.8 Å². The van der Waals surface area contributed by atoms with E-state index in [-0.39, 0.29) is 0 Å². The van der Waals surface area contributed by atoms with E-state index in [1.165, 1.54) is 0 Å². The summed E-state index contributed by atoms with van der Waals surface area (Å²) in [6, 6.07) is 1.76. The van der Waals surface area contributed by atoms with E-state index in [9.17, 15) is 0 Å². The lowest BCUT2D eigenvalue weighted by atomic mass is 10.2. The molecule has 0 spiro atoms. The Hall–Kier alpha value is -1.64. The highest BCUT2D eigenvalue weighted by atomic mass is 14.7. The Balaban J connectivity index is 3.30. The lowest BCUT2D eigenvalue weighted by Crippen LogP contribution is -1.98. The highest BCUT2D eigenvalue weighted by Gasteiger charge is 1.99. The van der Waals surface area contributed by atoms with Gasteiger partial charge in [-0.2, -0.15) is 0 Å². The third-order valence-electron chi connectivity index (χ3n) is 1.41. The maximum atomic E-state index is 6.95. The first kappa shape index (κ1) is 7.47. The van der Waals surface area contributed by atoms with Crippen molar-refractivity contribution in [2.45, 2.75) is 0 Å². The molecule has 56 valence electrons. The SMILES string of the molecule is C=Cc1ccnc(C=N)c1N. The van der Waals surface area contributed by atoms with Crippen LogP contribution in [0.5, 0.6) is 0 Å². The minimum Gasteiger partial charge on any atom is -0.396 e. The number of nitrogens with zero attached hydrogens (tertiary/aromatic N) is 1. The molecule has 1 aromatic heterocycles. The molecule has 1 aromatic rings. The van der Waals surface area contributed by atoms with E-state index in [0.717, 1.165) is 11.8 Å². The first-order chi connectivity index (χ1) is 5.29. The molecular weight excluding hydrogens is 138 g/mol. The number of hydrogen-bond donors (Lipinski definition) is 2. The summed E-state index contributed by atoms with van der Waals surface area (Å²) in [6.07, 6.45) is 4.38. The standard InChI is InChI=1S/C8H9N3/c1-2-6-3-4-11-7(5-9)8(6)10/h2-5,9H,1,10H2. The molecular formula is C8H9N3. The van der Waals surface area contributed by atoms with Crippen molar-refractivity contribution >= 4 is 18.0 Å². The molecule has 1 heterocycles. The van der Waals surface area contributed by atoms with Crippen molar-refractivity contribution in [3.63, 3.8) is 0 Å². The second-order valence-electron chi connectivity index (χ2n) is 2.05. The monoisotopic (exact) mass is 147 g/mol. The topological polar surface area (TPSA) is 62.8 Å². The van der Waals surface area contributed by atoms with Crippen molar-refractivity contribution in [3.05, 3.63) is 30.1 Å². The molecule has 0 fully saturated rings. The minimum atomic E-state index is 0.488. The van der Waals surface area contributed by atoms with Gasteiger partial charge in [0.05, 0.1) is 5.69 Å². The fraction of sp³-hybridized carbons (Fsp3) is 0. The van der Waals surface area contributed by atoms with Gasteiger partial charge in [0.15, 0.2) is 0 Å². The van der Waals surface area contributed by atoms with Gasteiger partial charge in [-0.1, -0.05) is 12.7 Å². The van der Waals surface area contributed by atoms with Crippen molar-refractivity contribution in [3.8, 4) is 0 Å². The third-order valence-corrected chi connectivity index (χ3v) is 1.41. The fourth-order valence-corrected chi connectivity index (χ4v) is 0.798. The Morgan fingerprint density at radius 1 is 1.64 bits per heavy atom. The highest BCUT2D eigenvalue weighted by molar-refractivity contribution is 5.85. The van der Waals surface area contributed by atoms with Crippen LogP contribution in [0.4, 0.5) is 5.69 Å². The van der Waals surface area contributed by atoms with E-state index in [1.807, 2.05) is 0 Å². The van der Waals surface area contributed by atoms with Crippen molar-refractivity contribution in [1.29, 1.82) is 5.41 Å². The number of nitrogens with one attached hydrogen (secondary N) is 1. The maximum absolute atomic E-state index is 6.95. The van der Waals surface area contributed by atoms with E-state index in [4.69, 9.17) is 11.1 Å². The van der Waals surface area contributed by atoms with E-state index in [2.05, 4.69) is 11.6 Å². The first-order valence-electron chi connectivity index (χ1n) is 3.17. The summed E-state index contributed by atoms with van der Waals surface area (Å²) in [4.78, 5) is 3.89. The van der Waals surface area contributed by atoms with E-state index < -0.39 is 0 Å². The van der Waals surface area contributed by atoms with Crippen LogP contribution in [0.1, 0.15) is 11.3 Å². The lowest BCUT2D eigenvalue weighted by molar-refractivity contribution is 1.29. The quantitative estimate of drug-likeness (QED) is 0.619. The molecule has 3 N–H and O–H groups in total. The molecule has 3 heteroatoms. The van der Waals surface area contributed by atoms with Gasteiger partial charge in [-0.3, -0.25) is 4.98 Å². The van der Waals surface area contributed by atoms with Gasteiger partial charge in [0.1, 0.15) is 5.69 Å². The molecule has 0 aromatic carbocycles. The number of hydrogen-bond acceptors (Lipinski definition) is 3. The van der Waals surface area contributed by atoms with Crippen molar-refractivity contribution < 1.29 is 0 Å². The van der Waals surface area contributed by atoms with E-state index in [0.29, 0.717) is 11.4 Å². The van der Waals surface area contributed by atoms with Crippen molar-refractivity contribution in [1.82, 2.24) is 4.98 Å². The predicted octanol–water partition coefficient (Wildman–Crippen LogP) is 1.30. The molecule has 0 unspecified atom stereocenters. The molecule has 0 aliphatic rings. The maximum Gasteiger partial charge on any atom is 0.104 e. The molecule has 0 amide bonds. The zero-order valence-corrected chi connectivity index (χ0v) is 6.04. The molecule has 0 atom stereocenters. The van der Waals surface area contributed by atoms with Gasteiger partial charge < -0.3 is 11.1 Å². The summed E-state index contributed by atoms with van der Waals surface area (Å²) in [5.41, 5.74) is 7.44. The van der Waals surface area contributed by atoms with E-state index >= 15 is 0 Å². The Kier molecular flexibility index (Phi) is 2.01. The molecule has 0 aliphatic carbocycles. The summed E-state index contributed by atoms with van der Waals surface area (Å²) < 4.78 is 0. The Labute approximate surface area is 65.1 Å². The van der Waals surface area contributed by atoms with Crippen molar-refractivity contribution in [2.75, 3.05) is 5.73 Å². The summed E-state index contributed by atoms with van der Waals surface area (Å²) in [5, 5.41) is 6.95. The molecule has 3 nitrogen and oxygen atoms in total. The van der Waals surface area contributed by atoms with Gasteiger partial charge in [-0.25, -0.2) is 0 Å². The van der Waals surface area contributed by atoms with Crippen LogP contribution in [0, 0.1) is 5.41 Å². The second kappa shape index (κ2) is 2.96. The second-order valence-corrected chi connectivity index (χ2v) is 2.05. The predicted molar refractivity (Wildman–Crippen MR) is 46.6 cm³/mol. The highest BCUT2D eigenvalue weighted by Crippen LogP contribution is 2.13. The summed E-state index contributed by atoms with van der Waals surface area (Å²) in [5.74, 6) is 0. The van der Waals surface area contributed by atoms with Gasteiger partial charge in [-0.15, -0.1) is 0 Å². The average Bonchev–Trinajstić information content (AvgIpc) is 2.05. The van der Waals surface area contributed by atoms with Gasteiger partial charge in [-0.05, 0) is 6.07 Å².